The molecule has 1 fully saturated rings. The lowest BCUT2D eigenvalue weighted by Gasteiger charge is -2.25. The van der Waals surface area contributed by atoms with Crippen molar-refractivity contribution in [1.29, 1.82) is 0 Å². The molecule has 7 nitrogen and oxygen atoms in total. The number of piperidine rings is 1. The molecule has 0 aromatic heterocycles. The number of amides is 1. The molecular formula is C17H24N2O5S. The van der Waals surface area contributed by atoms with Gasteiger partial charge in [0.15, 0.2) is 0 Å². The zero-order valence-corrected chi connectivity index (χ0v) is 15.2. The molecule has 1 heterocycles. The van der Waals surface area contributed by atoms with Crippen LogP contribution in [0.4, 0.5) is 0 Å². The SMILES string of the molecule is CN(CCC(=O)O)C(=O)Cc1ccc(S(=O)(=O)N2CCCCC2)cc1. The quantitative estimate of drug-likeness (QED) is 0.784. The van der Waals surface area contributed by atoms with Gasteiger partial charge in [-0.2, -0.15) is 4.31 Å². The van der Waals surface area contributed by atoms with Crippen LogP contribution in [0.15, 0.2) is 29.2 Å². The highest BCUT2D eigenvalue weighted by Gasteiger charge is 2.25. The molecule has 1 aliphatic rings. The number of hydrogen-bond donors (Lipinski definition) is 1. The van der Waals surface area contributed by atoms with Crippen LogP contribution in [0.3, 0.4) is 0 Å². The van der Waals surface area contributed by atoms with Crippen LogP contribution in [0.1, 0.15) is 31.2 Å². The molecule has 0 atom stereocenters. The van der Waals surface area contributed by atoms with Gasteiger partial charge in [-0.1, -0.05) is 18.6 Å². The summed E-state index contributed by atoms with van der Waals surface area (Å²) in [6, 6.07) is 6.34. The van der Waals surface area contributed by atoms with Crippen LogP contribution < -0.4 is 0 Å². The molecule has 8 heteroatoms. The smallest absolute Gasteiger partial charge is 0.305 e. The molecule has 1 aliphatic heterocycles. The average molecular weight is 368 g/mol. The number of sulfonamides is 1. The van der Waals surface area contributed by atoms with E-state index in [1.807, 2.05) is 0 Å². The fraction of sp³-hybridized carbons (Fsp3) is 0.529. The summed E-state index contributed by atoms with van der Waals surface area (Å²) >= 11 is 0. The van der Waals surface area contributed by atoms with Crippen LogP contribution in [0, 0.1) is 0 Å². The molecule has 2 rings (SSSR count). The van der Waals surface area contributed by atoms with Gasteiger partial charge in [-0.15, -0.1) is 0 Å². The van der Waals surface area contributed by atoms with E-state index < -0.39 is 16.0 Å². The molecule has 0 radical (unpaired) electrons. The molecule has 1 aromatic carbocycles. The highest BCUT2D eigenvalue weighted by Crippen LogP contribution is 2.21. The summed E-state index contributed by atoms with van der Waals surface area (Å²) in [6.45, 7) is 1.25. The molecule has 0 unspecified atom stereocenters. The summed E-state index contributed by atoms with van der Waals surface area (Å²) < 4.78 is 26.7. The molecule has 138 valence electrons. The Hall–Kier alpha value is -1.93. The zero-order valence-electron chi connectivity index (χ0n) is 14.3. The second kappa shape index (κ2) is 8.44. The van der Waals surface area contributed by atoms with Gasteiger partial charge in [0.1, 0.15) is 0 Å². The van der Waals surface area contributed by atoms with Crippen molar-refractivity contribution in [1.82, 2.24) is 9.21 Å². The maximum Gasteiger partial charge on any atom is 0.305 e. The van der Waals surface area contributed by atoms with E-state index >= 15 is 0 Å². The summed E-state index contributed by atoms with van der Waals surface area (Å²) in [5, 5.41) is 8.65. The minimum atomic E-state index is -3.47. The lowest BCUT2D eigenvalue weighted by atomic mass is 10.1. The lowest BCUT2D eigenvalue weighted by Crippen LogP contribution is -2.35. The summed E-state index contributed by atoms with van der Waals surface area (Å²) in [6.07, 6.45) is 2.83. The molecule has 0 aliphatic carbocycles. The standard InChI is InChI=1S/C17H24N2O5S/c1-18(12-9-17(21)22)16(20)13-14-5-7-15(8-6-14)25(23,24)19-10-3-2-4-11-19/h5-8H,2-4,9-13H2,1H3,(H,21,22). The maximum absolute atomic E-state index is 12.6. The third kappa shape index (κ3) is 5.27. The van der Waals surface area contributed by atoms with E-state index in [0.717, 1.165) is 19.3 Å². The number of rotatable bonds is 7. The van der Waals surface area contributed by atoms with E-state index in [0.29, 0.717) is 18.7 Å². The van der Waals surface area contributed by atoms with E-state index in [4.69, 9.17) is 5.11 Å². The number of aliphatic carboxylic acids is 1. The van der Waals surface area contributed by atoms with Gasteiger partial charge >= 0.3 is 5.97 Å². The summed E-state index contributed by atoms with van der Waals surface area (Å²) in [5.41, 5.74) is 0.699. The topological polar surface area (TPSA) is 95.0 Å². The van der Waals surface area contributed by atoms with Gasteiger partial charge in [0, 0.05) is 26.7 Å². The highest BCUT2D eigenvalue weighted by molar-refractivity contribution is 7.89. The molecule has 1 amide bonds. The molecule has 0 bridgehead atoms. The van der Waals surface area contributed by atoms with Crippen molar-refractivity contribution in [3.05, 3.63) is 29.8 Å². The summed E-state index contributed by atoms with van der Waals surface area (Å²) in [5.74, 6) is -1.15. The van der Waals surface area contributed by atoms with Crippen LogP contribution in [0.5, 0.6) is 0 Å². The Bertz CT molecular complexity index is 709. The normalized spacial score (nSPS) is 15.7. The van der Waals surface area contributed by atoms with Crippen LogP contribution >= 0.6 is 0 Å². The Morgan fingerprint density at radius 3 is 2.28 bits per heavy atom. The lowest BCUT2D eigenvalue weighted by molar-refractivity contribution is -0.138. The van der Waals surface area contributed by atoms with E-state index in [1.54, 1.807) is 19.2 Å². The molecule has 0 saturated carbocycles. The van der Waals surface area contributed by atoms with Gasteiger partial charge in [-0.05, 0) is 30.5 Å². The maximum atomic E-state index is 12.6. The first-order valence-corrected chi connectivity index (χ1v) is 9.79. The Kier molecular flexibility index (Phi) is 6.55. The number of carbonyl (C=O) groups excluding carboxylic acids is 1. The predicted octanol–water partition coefficient (Wildman–Crippen LogP) is 1.34. The number of nitrogens with zero attached hydrogens (tertiary/aromatic N) is 2. The molecule has 1 aromatic rings. The molecule has 1 saturated heterocycles. The number of carboxylic acids is 1. The Labute approximate surface area is 148 Å². The van der Waals surface area contributed by atoms with Crippen molar-refractivity contribution in [3.63, 3.8) is 0 Å². The first-order chi connectivity index (χ1) is 11.8. The van der Waals surface area contributed by atoms with Gasteiger partial charge in [-0.25, -0.2) is 8.42 Å². The monoisotopic (exact) mass is 368 g/mol. The average Bonchev–Trinajstić information content (AvgIpc) is 2.60. The van der Waals surface area contributed by atoms with Crippen LogP contribution in [0.25, 0.3) is 0 Å². The first-order valence-electron chi connectivity index (χ1n) is 8.35. The third-order valence-electron chi connectivity index (χ3n) is 4.32. The first kappa shape index (κ1) is 19.4. The van der Waals surface area contributed by atoms with Crippen LogP contribution in [0.2, 0.25) is 0 Å². The second-order valence-electron chi connectivity index (χ2n) is 6.24. The van der Waals surface area contributed by atoms with Gasteiger partial charge in [0.25, 0.3) is 0 Å². The molecule has 0 spiro atoms. The summed E-state index contributed by atoms with van der Waals surface area (Å²) in [7, 11) is -1.91. The van der Waals surface area contributed by atoms with Crippen LogP contribution in [-0.2, 0) is 26.0 Å². The Morgan fingerprint density at radius 1 is 1.12 bits per heavy atom. The predicted molar refractivity (Wildman–Crippen MR) is 92.6 cm³/mol. The van der Waals surface area contributed by atoms with E-state index in [1.165, 1.54) is 21.3 Å². The van der Waals surface area contributed by atoms with Gasteiger partial charge in [0.05, 0.1) is 17.7 Å². The minimum absolute atomic E-state index is 0.102. The fourth-order valence-corrected chi connectivity index (χ4v) is 4.25. The highest BCUT2D eigenvalue weighted by atomic mass is 32.2. The Morgan fingerprint density at radius 2 is 1.72 bits per heavy atom. The number of benzene rings is 1. The van der Waals surface area contributed by atoms with Crippen LogP contribution in [-0.4, -0.2) is 61.3 Å². The number of carboxylic acid groups (broad SMARTS) is 1. The van der Waals surface area contributed by atoms with Gasteiger partial charge < -0.3 is 10.0 Å². The van der Waals surface area contributed by atoms with E-state index in [9.17, 15) is 18.0 Å². The zero-order chi connectivity index (χ0) is 18.4. The van der Waals surface area contributed by atoms with Crippen molar-refractivity contribution in [2.45, 2.75) is 37.0 Å². The molecular weight excluding hydrogens is 344 g/mol. The van der Waals surface area contributed by atoms with Crippen molar-refractivity contribution in [2.75, 3.05) is 26.7 Å². The molecule has 25 heavy (non-hydrogen) atoms. The van der Waals surface area contributed by atoms with Crippen molar-refractivity contribution in [3.8, 4) is 0 Å². The second-order valence-corrected chi connectivity index (χ2v) is 8.18. The van der Waals surface area contributed by atoms with Crippen molar-refractivity contribution in [2.24, 2.45) is 0 Å². The fourth-order valence-electron chi connectivity index (χ4n) is 2.73. The number of likely N-dealkylation sites (N-methyl/N-ethyl adjacent to an activating group) is 1. The third-order valence-corrected chi connectivity index (χ3v) is 6.23. The van der Waals surface area contributed by atoms with E-state index in [2.05, 4.69) is 0 Å². The van der Waals surface area contributed by atoms with E-state index in [-0.39, 0.29) is 30.2 Å². The largest absolute Gasteiger partial charge is 0.481 e. The van der Waals surface area contributed by atoms with Crippen molar-refractivity contribution < 1.29 is 23.1 Å². The number of hydrogen-bond acceptors (Lipinski definition) is 4. The van der Waals surface area contributed by atoms with Gasteiger partial charge in [-0.3, -0.25) is 9.59 Å². The van der Waals surface area contributed by atoms with Gasteiger partial charge in [0.2, 0.25) is 15.9 Å². The van der Waals surface area contributed by atoms with Crippen molar-refractivity contribution >= 4 is 21.9 Å². The Balaban J connectivity index is 1.99. The number of carbonyl (C=O) groups is 2. The summed E-state index contributed by atoms with van der Waals surface area (Å²) in [4.78, 5) is 24.2. The molecule has 1 N–H and O–H groups in total. The minimum Gasteiger partial charge on any atom is -0.481 e.